The lowest BCUT2D eigenvalue weighted by Gasteiger charge is -2.34. The highest BCUT2D eigenvalue weighted by atomic mass is 35.5. The number of hydrogen-bond donors (Lipinski definition) is 0. The summed E-state index contributed by atoms with van der Waals surface area (Å²) in [4.78, 5) is 11.6. The molecule has 0 saturated heterocycles. The van der Waals surface area contributed by atoms with Crippen LogP contribution in [0.4, 0.5) is 4.39 Å². The van der Waals surface area contributed by atoms with E-state index in [1.807, 2.05) is 0 Å². The molecule has 0 N–H and O–H groups in total. The molecule has 0 unspecified atom stereocenters. The van der Waals surface area contributed by atoms with E-state index in [-0.39, 0.29) is 0 Å². The summed E-state index contributed by atoms with van der Waals surface area (Å²) in [6.45, 7) is 0. The number of carbonyl (C=O) groups excluding carboxylic acids is 1. The zero-order valence-electron chi connectivity index (χ0n) is 10.4. The highest BCUT2D eigenvalue weighted by Gasteiger charge is 2.49. The second-order valence-electron chi connectivity index (χ2n) is 5.14. The summed E-state index contributed by atoms with van der Waals surface area (Å²) in [5.41, 5.74) is 0.344. The van der Waals surface area contributed by atoms with Crippen LogP contribution in [0, 0.1) is 0 Å². The Hall–Kier alpha value is -1.35. The molecular formula is C15H14ClFO2. The normalized spacial score (nSPS) is 21.9. The van der Waals surface area contributed by atoms with Crippen molar-refractivity contribution in [2.24, 2.45) is 0 Å². The molecule has 0 aromatic heterocycles. The number of carbonyl (C=O) groups is 1. The van der Waals surface area contributed by atoms with Gasteiger partial charge in [0.15, 0.2) is 0 Å². The molecule has 1 fully saturated rings. The van der Waals surface area contributed by atoms with Crippen molar-refractivity contribution < 1.29 is 13.9 Å². The molecule has 2 nitrogen and oxygen atoms in total. The van der Waals surface area contributed by atoms with Gasteiger partial charge in [0, 0.05) is 10.6 Å². The van der Waals surface area contributed by atoms with E-state index in [1.165, 1.54) is 0 Å². The van der Waals surface area contributed by atoms with Gasteiger partial charge in [0.05, 0.1) is 0 Å². The molecule has 100 valence electrons. The number of esters is 1. The minimum absolute atomic E-state index is 0.411. The van der Waals surface area contributed by atoms with Crippen molar-refractivity contribution >= 4 is 23.1 Å². The van der Waals surface area contributed by atoms with Gasteiger partial charge in [0.1, 0.15) is 5.60 Å². The first-order valence-electron chi connectivity index (χ1n) is 6.52. The molecule has 3 rings (SSSR count). The van der Waals surface area contributed by atoms with Crippen LogP contribution in [0.5, 0.6) is 0 Å². The second-order valence-corrected chi connectivity index (χ2v) is 5.58. The Morgan fingerprint density at radius 3 is 2.37 bits per heavy atom. The van der Waals surface area contributed by atoms with Gasteiger partial charge in [-0.05, 0) is 43.4 Å². The van der Waals surface area contributed by atoms with Crippen molar-refractivity contribution in [2.75, 3.05) is 0 Å². The van der Waals surface area contributed by atoms with Crippen LogP contribution in [0.15, 0.2) is 30.1 Å². The van der Waals surface area contributed by atoms with Gasteiger partial charge in [0.2, 0.25) is 5.83 Å². The third-order valence-corrected chi connectivity index (χ3v) is 4.19. The molecule has 1 heterocycles. The van der Waals surface area contributed by atoms with E-state index in [4.69, 9.17) is 16.3 Å². The topological polar surface area (TPSA) is 26.3 Å². The molecule has 2 aliphatic rings. The molecule has 0 radical (unpaired) electrons. The van der Waals surface area contributed by atoms with Crippen LogP contribution in [0.2, 0.25) is 5.02 Å². The predicted molar refractivity (Wildman–Crippen MR) is 71.4 cm³/mol. The summed E-state index contributed by atoms with van der Waals surface area (Å²) in [6, 6.07) is 6.90. The average Bonchev–Trinajstić information content (AvgIpc) is 2.64. The highest BCUT2D eigenvalue weighted by molar-refractivity contribution is 6.30. The van der Waals surface area contributed by atoms with Crippen LogP contribution in [0.1, 0.15) is 37.7 Å². The Bertz CT molecular complexity index is 542. The van der Waals surface area contributed by atoms with Crippen molar-refractivity contribution in [1.29, 1.82) is 0 Å². The Kier molecular flexibility index (Phi) is 3.09. The Balaban J connectivity index is 2.08. The first kappa shape index (κ1) is 12.7. The zero-order valence-corrected chi connectivity index (χ0v) is 11.2. The standard InChI is InChI=1S/C15H14ClFO2/c16-11-6-4-10(5-7-11)12-13(17)14(18)19-15(12)8-2-1-3-9-15/h4-7H,1-3,8-9H2. The van der Waals surface area contributed by atoms with Crippen LogP contribution >= 0.6 is 11.6 Å². The lowest BCUT2D eigenvalue weighted by molar-refractivity contribution is -0.149. The fourth-order valence-electron chi connectivity index (χ4n) is 3.06. The molecule has 0 bridgehead atoms. The van der Waals surface area contributed by atoms with Crippen LogP contribution in [0.3, 0.4) is 0 Å². The zero-order chi connectivity index (χ0) is 13.5. The Morgan fingerprint density at radius 1 is 1.11 bits per heavy atom. The quantitative estimate of drug-likeness (QED) is 0.718. The average molecular weight is 281 g/mol. The summed E-state index contributed by atoms with van der Waals surface area (Å²) in [5.74, 6) is -1.57. The molecular weight excluding hydrogens is 267 g/mol. The van der Waals surface area contributed by atoms with Gasteiger partial charge in [0.25, 0.3) is 0 Å². The third kappa shape index (κ3) is 2.06. The molecule has 0 amide bonds. The molecule has 1 saturated carbocycles. The summed E-state index contributed by atoms with van der Waals surface area (Å²) >= 11 is 5.85. The number of halogens is 2. The van der Waals surface area contributed by atoms with E-state index in [1.54, 1.807) is 24.3 Å². The largest absolute Gasteiger partial charge is 0.449 e. The van der Waals surface area contributed by atoms with E-state index >= 15 is 0 Å². The fraction of sp³-hybridized carbons (Fsp3) is 0.400. The summed E-state index contributed by atoms with van der Waals surface area (Å²) in [6.07, 6.45) is 4.42. The predicted octanol–water partition coefficient (Wildman–Crippen LogP) is 4.28. The third-order valence-electron chi connectivity index (χ3n) is 3.94. The fourth-order valence-corrected chi connectivity index (χ4v) is 3.18. The van der Waals surface area contributed by atoms with Crippen LogP contribution in [-0.2, 0) is 9.53 Å². The highest BCUT2D eigenvalue weighted by Crippen LogP contribution is 2.48. The summed E-state index contributed by atoms with van der Waals surface area (Å²) in [7, 11) is 0. The molecule has 19 heavy (non-hydrogen) atoms. The van der Waals surface area contributed by atoms with Crippen molar-refractivity contribution in [3.05, 3.63) is 40.7 Å². The number of benzene rings is 1. The van der Waals surface area contributed by atoms with Gasteiger partial charge in [-0.15, -0.1) is 0 Å². The molecule has 1 aliphatic heterocycles. The smallest absolute Gasteiger partial charge is 0.368 e. The minimum Gasteiger partial charge on any atom is -0.449 e. The maximum absolute atomic E-state index is 14.2. The van der Waals surface area contributed by atoms with E-state index in [9.17, 15) is 9.18 Å². The Labute approximate surface area is 116 Å². The molecule has 4 heteroatoms. The lowest BCUT2D eigenvalue weighted by atomic mass is 9.77. The number of ether oxygens (including phenoxy) is 1. The van der Waals surface area contributed by atoms with Gasteiger partial charge >= 0.3 is 5.97 Å². The van der Waals surface area contributed by atoms with Crippen molar-refractivity contribution in [3.63, 3.8) is 0 Å². The first-order chi connectivity index (χ1) is 9.12. The van der Waals surface area contributed by atoms with Gasteiger partial charge in [-0.25, -0.2) is 4.79 Å². The monoisotopic (exact) mass is 280 g/mol. The van der Waals surface area contributed by atoms with Crippen LogP contribution in [0.25, 0.3) is 5.57 Å². The van der Waals surface area contributed by atoms with Crippen molar-refractivity contribution in [3.8, 4) is 0 Å². The molecule has 1 aromatic carbocycles. The van der Waals surface area contributed by atoms with Crippen LogP contribution in [-0.4, -0.2) is 11.6 Å². The van der Waals surface area contributed by atoms with Crippen molar-refractivity contribution in [2.45, 2.75) is 37.7 Å². The van der Waals surface area contributed by atoms with Gasteiger partial charge < -0.3 is 4.74 Å². The molecule has 0 atom stereocenters. The Morgan fingerprint density at radius 2 is 1.74 bits per heavy atom. The summed E-state index contributed by atoms with van der Waals surface area (Å²) in [5, 5.41) is 0.590. The SMILES string of the molecule is O=C1OC2(CCCCC2)C(c2ccc(Cl)cc2)=C1F. The lowest BCUT2D eigenvalue weighted by Crippen LogP contribution is -2.33. The van der Waals surface area contributed by atoms with Gasteiger partial charge in [-0.1, -0.05) is 30.2 Å². The second kappa shape index (κ2) is 4.64. The van der Waals surface area contributed by atoms with E-state index in [2.05, 4.69) is 0 Å². The van der Waals surface area contributed by atoms with E-state index < -0.39 is 17.4 Å². The number of rotatable bonds is 1. The van der Waals surface area contributed by atoms with Gasteiger partial charge in [-0.2, -0.15) is 4.39 Å². The minimum atomic E-state index is -0.827. The van der Waals surface area contributed by atoms with E-state index in [0.29, 0.717) is 29.0 Å². The maximum Gasteiger partial charge on any atom is 0.368 e. The van der Waals surface area contributed by atoms with Crippen LogP contribution < -0.4 is 0 Å². The van der Waals surface area contributed by atoms with Crippen molar-refractivity contribution in [1.82, 2.24) is 0 Å². The number of hydrogen-bond acceptors (Lipinski definition) is 2. The van der Waals surface area contributed by atoms with Gasteiger partial charge in [-0.3, -0.25) is 0 Å². The van der Waals surface area contributed by atoms with E-state index in [0.717, 1.165) is 19.3 Å². The first-order valence-corrected chi connectivity index (χ1v) is 6.90. The summed E-state index contributed by atoms with van der Waals surface area (Å²) < 4.78 is 19.5. The molecule has 1 aliphatic carbocycles. The molecule has 1 spiro atoms. The maximum atomic E-state index is 14.2. The molecule has 1 aromatic rings.